The van der Waals surface area contributed by atoms with Gasteiger partial charge in [0.15, 0.2) is 11.2 Å². The molecule has 1 fully saturated rings. The van der Waals surface area contributed by atoms with Gasteiger partial charge in [-0.25, -0.2) is 9.78 Å². The van der Waals surface area contributed by atoms with E-state index in [0.717, 1.165) is 0 Å². The molecule has 0 aromatic carbocycles. The number of anilines is 1. The molecule has 2 unspecified atom stereocenters. The molecule has 2 rings (SSSR count). The summed E-state index contributed by atoms with van der Waals surface area (Å²) in [6.45, 7) is 0.278. The first kappa shape index (κ1) is 12.8. The quantitative estimate of drug-likeness (QED) is 0.715. The smallest absolute Gasteiger partial charge is 0.332 e. The largest absolute Gasteiger partial charge is 0.479 e. The number of hydrogen-bond donors (Lipinski definition) is 3. The molecule has 0 spiro atoms. The van der Waals surface area contributed by atoms with E-state index in [2.05, 4.69) is 10.3 Å². The molecule has 1 aromatic heterocycles. The van der Waals surface area contributed by atoms with Crippen molar-refractivity contribution >= 4 is 28.3 Å². The fourth-order valence-corrected chi connectivity index (χ4v) is 2.27. The number of ether oxygens (including phenoxy) is 1. The van der Waals surface area contributed by atoms with Gasteiger partial charge in [-0.2, -0.15) is 0 Å². The van der Waals surface area contributed by atoms with Gasteiger partial charge in [-0.15, -0.1) is 11.3 Å². The van der Waals surface area contributed by atoms with Gasteiger partial charge in [-0.3, -0.25) is 4.79 Å². The van der Waals surface area contributed by atoms with Gasteiger partial charge in [0.25, 0.3) is 5.91 Å². The van der Waals surface area contributed by atoms with Crippen LogP contribution in [0.3, 0.4) is 0 Å². The summed E-state index contributed by atoms with van der Waals surface area (Å²) in [6, 6.07) is 0. The predicted octanol–water partition coefficient (Wildman–Crippen LogP) is 0.0873. The van der Waals surface area contributed by atoms with Crippen molar-refractivity contribution in [1.29, 1.82) is 0 Å². The lowest BCUT2D eigenvalue weighted by molar-refractivity contribution is -0.149. The van der Waals surface area contributed by atoms with Crippen molar-refractivity contribution in [1.82, 2.24) is 10.3 Å². The molecule has 18 heavy (non-hydrogen) atoms. The number of nitrogens with one attached hydrogen (secondary N) is 1. The Labute approximate surface area is 107 Å². The van der Waals surface area contributed by atoms with Gasteiger partial charge < -0.3 is 20.9 Å². The lowest BCUT2D eigenvalue weighted by Crippen LogP contribution is -2.33. The molecule has 1 aromatic rings. The highest BCUT2D eigenvalue weighted by Crippen LogP contribution is 2.19. The van der Waals surface area contributed by atoms with E-state index in [-0.39, 0.29) is 24.2 Å². The van der Waals surface area contributed by atoms with Crippen LogP contribution in [0.25, 0.3) is 0 Å². The van der Waals surface area contributed by atoms with Gasteiger partial charge >= 0.3 is 5.97 Å². The Morgan fingerprint density at radius 2 is 2.39 bits per heavy atom. The minimum Gasteiger partial charge on any atom is -0.479 e. The summed E-state index contributed by atoms with van der Waals surface area (Å²) >= 11 is 1.19. The predicted molar refractivity (Wildman–Crippen MR) is 64.4 cm³/mol. The summed E-state index contributed by atoms with van der Waals surface area (Å²) in [4.78, 5) is 26.2. The van der Waals surface area contributed by atoms with E-state index in [4.69, 9.17) is 15.6 Å². The zero-order valence-corrected chi connectivity index (χ0v) is 10.3. The van der Waals surface area contributed by atoms with Gasteiger partial charge in [-0.05, 0) is 12.8 Å². The first-order chi connectivity index (χ1) is 8.56. The lowest BCUT2D eigenvalue weighted by atomic mass is 10.2. The second-order valence-electron chi connectivity index (χ2n) is 3.94. The first-order valence-electron chi connectivity index (χ1n) is 5.43. The maximum Gasteiger partial charge on any atom is 0.332 e. The highest BCUT2D eigenvalue weighted by molar-refractivity contribution is 7.13. The van der Waals surface area contributed by atoms with Crippen molar-refractivity contribution in [3.05, 3.63) is 11.1 Å². The van der Waals surface area contributed by atoms with Crippen LogP contribution in [0, 0.1) is 0 Å². The minimum absolute atomic E-state index is 0.258. The number of hydrogen-bond acceptors (Lipinski definition) is 6. The van der Waals surface area contributed by atoms with E-state index in [1.165, 1.54) is 11.3 Å². The fraction of sp³-hybridized carbons (Fsp3) is 0.500. The van der Waals surface area contributed by atoms with Crippen LogP contribution in [0.4, 0.5) is 5.13 Å². The highest BCUT2D eigenvalue weighted by Gasteiger charge is 2.30. The van der Waals surface area contributed by atoms with Crippen LogP contribution in [0.5, 0.6) is 0 Å². The number of rotatable bonds is 4. The average Bonchev–Trinajstić information content (AvgIpc) is 2.94. The third-order valence-electron chi connectivity index (χ3n) is 2.63. The van der Waals surface area contributed by atoms with Crippen LogP contribution < -0.4 is 11.1 Å². The number of thiazole rings is 1. The Bertz CT molecular complexity index is 462. The third-order valence-corrected chi connectivity index (χ3v) is 3.30. The molecule has 8 heteroatoms. The number of carboxylic acids is 1. The van der Waals surface area contributed by atoms with Crippen molar-refractivity contribution in [2.75, 3.05) is 12.3 Å². The number of aliphatic carboxylic acids is 1. The summed E-state index contributed by atoms with van der Waals surface area (Å²) in [7, 11) is 0. The van der Waals surface area contributed by atoms with Crippen molar-refractivity contribution in [2.45, 2.75) is 25.0 Å². The molecule has 2 heterocycles. The summed E-state index contributed by atoms with van der Waals surface area (Å²) in [5.41, 5.74) is 5.69. The Morgan fingerprint density at radius 3 is 2.94 bits per heavy atom. The second-order valence-corrected chi connectivity index (χ2v) is 4.83. The summed E-state index contributed by atoms with van der Waals surface area (Å²) in [5, 5.41) is 13.3. The molecule has 0 radical (unpaired) electrons. The molecule has 1 aliphatic rings. The minimum atomic E-state index is -0.962. The van der Waals surface area contributed by atoms with E-state index in [0.29, 0.717) is 18.0 Å². The zero-order valence-electron chi connectivity index (χ0n) is 9.46. The van der Waals surface area contributed by atoms with Crippen molar-refractivity contribution in [3.63, 3.8) is 0 Å². The topological polar surface area (TPSA) is 115 Å². The van der Waals surface area contributed by atoms with Crippen LogP contribution in [-0.4, -0.2) is 40.7 Å². The van der Waals surface area contributed by atoms with Gasteiger partial charge in [0.05, 0.1) is 6.10 Å². The number of amides is 1. The Morgan fingerprint density at radius 1 is 1.61 bits per heavy atom. The molecule has 2 atom stereocenters. The Kier molecular flexibility index (Phi) is 3.78. The number of nitrogens with two attached hydrogens (primary N) is 1. The first-order valence-corrected chi connectivity index (χ1v) is 6.31. The molecular weight excluding hydrogens is 258 g/mol. The molecule has 1 aliphatic heterocycles. The Balaban J connectivity index is 1.79. The molecule has 0 saturated carbocycles. The normalized spacial score (nSPS) is 22.9. The number of carbonyl (C=O) groups excluding carboxylic acids is 1. The summed E-state index contributed by atoms with van der Waals surface area (Å²) in [6.07, 6.45) is 0.0727. The van der Waals surface area contributed by atoms with Crippen LogP contribution in [0.1, 0.15) is 23.3 Å². The van der Waals surface area contributed by atoms with E-state index in [1.807, 2.05) is 0 Å². The van der Waals surface area contributed by atoms with E-state index >= 15 is 0 Å². The maximum atomic E-state index is 11.6. The highest BCUT2D eigenvalue weighted by atomic mass is 32.1. The summed E-state index contributed by atoms with van der Waals surface area (Å²) in [5.74, 6) is -1.29. The standard InChI is InChI=1S/C10H13N3O4S/c11-10-13-6(4-18-10)8(14)12-3-5-1-2-7(17-5)9(15)16/h4-5,7H,1-3H2,(H2,11,13)(H,12,14)(H,15,16). The number of nitrogens with zero attached hydrogens (tertiary/aromatic N) is 1. The zero-order chi connectivity index (χ0) is 13.1. The van der Waals surface area contributed by atoms with Crippen molar-refractivity contribution < 1.29 is 19.4 Å². The average molecular weight is 271 g/mol. The monoisotopic (exact) mass is 271 g/mol. The molecule has 0 aliphatic carbocycles. The van der Waals surface area contributed by atoms with E-state index in [9.17, 15) is 9.59 Å². The third kappa shape index (κ3) is 2.96. The number of carboxylic acid groups (broad SMARTS) is 1. The van der Waals surface area contributed by atoms with Crippen LogP contribution in [-0.2, 0) is 9.53 Å². The van der Waals surface area contributed by atoms with Gasteiger partial charge in [-0.1, -0.05) is 0 Å². The Hall–Kier alpha value is -1.67. The van der Waals surface area contributed by atoms with Crippen LogP contribution in [0.2, 0.25) is 0 Å². The van der Waals surface area contributed by atoms with Crippen molar-refractivity contribution in [3.8, 4) is 0 Å². The maximum absolute atomic E-state index is 11.6. The molecule has 7 nitrogen and oxygen atoms in total. The molecule has 1 amide bonds. The molecule has 98 valence electrons. The molecule has 1 saturated heterocycles. The molecule has 4 N–H and O–H groups in total. The van der Waals surface area contributed by atoms with Crippen molar-refractivity contribution in [2.24, 2.45) is 0 Å². The van der Waals surface area contributed by atoms with Gasteiger partial charge in [0.2, 0.25) is 0 Å². The number of nitrogen functional groups attached to an aromatic ring is 1. The number of aromatic nitrogens is 1. The van der Waals surface area contributed by atoms with E-state index < -0.39 is 12.1 Å². The second kappa shape index (κ2) is 5.32. The molecule has 0 bridgehead atoms. The molecular formula is C10H13N3O4S. The van der Waals surface area contributed by atoms with Gasteiger partial charge in [0.1, 0.15) is 5.69 Å². The van der Waals surface area contributed by atoms with Gasteiger partial charge in [0, 0.05) is 11.9 Å². The number of carbonyl (C=O) groups is 2. The lowest BCUT2D eigenvalue weighted by Gasteiger charge is -2.11. The SMILES string of the molecule is Nc1nc(C(=O)NCC2CCC(C(=O)O)O2)cs1. The van der Waals surface area contributed by atoms with Crippen LogP contribution >= 0.6 is 11.3 Å². The van der Waals surface area contributed by atoms with E-state index in [1.54, 1.807) is 5.38 Å². The summed E-state index contributed by atoms with van der Waals surface area (Å²) < 4.78 is 5.26. The fourth-order valence-electron chi connectivity index (χ4n) is 1.73. The van der Waals surface area contributed by atoms with Crippen LogP contribution in [0.15, 0.2) is 5.38 Å².